The fraction of sp³-hybridized carbons (Fsp3) is 0.733. The standard InChI is InChI=1S/C15H21NO7/c1-5-22-13(20)11-9-7(10(9)12(18)19)6-8(17)16(11)14(21)23-15(2,3)4/h7,9-11H,5-6H2,1-4H3,(H,18,19). The molecule has 8 nitrogen and oxygen atoms in total. The molecule has 1 heterocycles. The number of carbonyl (C=O) groups is 4. The predicted octanol–water partition coefficient (Wildman–Crippen LogP) is 1.03. The Labute approximate surface area is 133 Å². The molecule has 0 aromatic heterocycles. The van der Waals surface area contributed by atoms with Gasteiger partial charge in [0.05, 0.1) is 12.5 Å². The number of likely N-dealkylation sites (tertiary alicyclic amines) is 1. The van der Waals surface area contributed by atoms with Crippen LogP contribution in [0.5, 0.6) is 0 Å². The molecule has 4 unspecified atom stereocenters. The second kappa shape index (κ2) is 5.82. The Morgan fingerprint density at radius 3 is 2.39 bits per heavy atom. The molecule has 1 aliphatic carbocycles. The Morgan fingerprint density at radius 1 is 1.30 bits per heavy atom. The first kappa shape index (κ1) is 17.2. The number of nitrogens with zero attached hydrogens (tertiary/aromatic N) is 1. The summed E-state index contributed by atoms with van der Waals surface area (Å²) in [5.41, 5.74) is -0.844. The highest BCUT2D eigenvalue weighted by molar-refractivity contribution is 6.00. The SMILES string of the molecule is CCOC(=O)C1C2C(CC(=O)N1C(=O)OC(C)(C)C)C2C(=O)O. The van der Waals surface area contributed by atoms with Gasteiger partial charge in [0.15, 0.2) is 0 Å². The Hall–Kier alpha value is -2.12. The zero-order valence-electron chi connectivity index (χ0n) is 13.6. The molecule has 1 aliphatic heterocycles. The zero-order valence-corrected chi connectivity index (χ0v) is 13.6. The molecule has 0 aromatic rings. The molecule has 1 N–H and O–H groups in total. The van der Waals surface area contributed by atoms with Gasteiger partial charge >= 0.3 is 18.0 Å². The van der Waals surface area contributed by atoms with Crippen LogP contribution in [0.15, 0.2) is 0 Å². The van der Waals surface area contributed by atoms with E-state index < -0.39 is 53.3 Å². The first-order valence-corrected chi connectivity index (χ1v) is 7.53. The number of carboxylic acid groups (broad SMARTS) is 1. The number of amides is 2. The summed E-state index contributed by atoms with van der Waals surface area (Å²) < 4.78 is 10.1. The van der Waals surface area contributed by atoms with Gasteiger partial charge in [0, 0.05) is 12.3 Å². The van der Waals surface area contributed by atoms with Crippen LogP contribution in [0.25, 0.3) is 0 Å². The van der Waals surface area contributed by atoms with E-state index in [4.69, 9.17) is 9.47 Å². The van der Waals surface area contributed by atoms with Crippen LogP contribution in [0.3, 0.4) is 0 Å². The molecule has 0 spiro atoms. The Morgan fingerprint density at radius 2 is 1.91 bits per heavy atom. The minimum absolute atomic E-state index is 0.0702. The van der Waals surface area contributed by atoms with Crippen LogP contribution in [0.2, 0.25) is 0 Å². The van der Waals surface area contributed by atoms with E-state index in [9.17, 15) is 24.3 Å². The molecule has 2 amide bonds. The van der Waals surface area contributed by atoms with Crippen molar-refractivity contribution >= 4 is 23.9 Å². The molecule has 23 heavy (non-hydrogen) atoms. The zero-order chi connectivity index (χ0) is 17.5. The number of carbonyl (C=O) groups excluding carboxylic acids is 3. The number of esters is 1. The Balaban J connectivity index is 2.30. The fourth-order valence-electron chi connectivity index (χ4n) is 3.09. The number of hydrogen-bond donors (Lipinski definition) is 1. The maximum Gasteiger partial charge on any atom is 0.417 e. The molecule has 128 valence electrons. The molecule has 0 radical (unpaired) electrons. The average Bonchev–Trinajstić information content (AvgIpc) is 3.08. The Bertz CT molecular complexity index is 551. The lowest BCUT2D eigenvalue weighted by Gasteiger charge is -2.33. The lowest BCUT2D eigenvalue weighted by atomic mass is 10.0. The van der Waals surface area contributed by atoms with Crippen molar-refractivity contribution in [3.63, 3.8) is 0 Å². The number of carboxylic acids is 1. The van der Waals surface area contributed by atoms with Crippen molar-refractivity contribution in [1.29, 1.82) is 0 Å². The molecule has 2 fully saturated rings. The summed E-state index contributed by atoms with van der Waals surface area (Å²) in [5.74, 6) is -4.33. The highest BCUT2D eigenvalue weighted by Crippen LogP contribution is 2.55. The van der Waals surface area contributed by atoms with Crippen LogP contribution in [-0.4, -0.2) is 52.2 Å². The highest BCUT2D eigenvalue weighted by Gasteiger charge is 2.67. The molecule has 1 saturated heterocycles. The van der Waals surface area contributed by atoms with Gasteiger partial charge in [-0.05, 0) is 33.6 Å². The quantitative estimate of drug-likeness (QED) is 0.771. The lowest BCUT2D eigenvalue weighted by molar-refractivity contribution is -0.157. The van der Waals surface area contributed by atoms with Gasteiger partial charge in [-0.15, -0.1) is 0 Å². The summed E-state index contributed by atoms with van der Waals surface area (Å²) in [6.07, 6.45) is -1.04. The third-order valence-corrected chi connectivity index (χ3v) is 3.95. The highest BCUT2D eigenvalue weighted by atomic mass is 16.6. The van der Waals surface area contributed by atoms with Crippen molar-refractivity contribution in [2.75, 3.05) is 6.61 Å². The minimum atomic E-state index is -1.24. The third kappa shape index (κ3) is 3.30. The predicted molar refractivity (Wildman–Crippen MR) is 76.2 cm³/mol. The number of ether oxygens (including phenoxy) is 2. The minimum Gasteiger partial charge on any atom is -0.481 e. The second-order valence-electron chi connectivity index (χ2n) is 6.75. The first-order chi connectivity index (χ1) is 10.6. The molecule has 2 rings (SSSR count). The van der Waals surface area contributed by atoms with Crippen LogP contribution in [0.1, 0.15) is 34.1 Å². The van der Waals surface area contributed by atoms with Gasteiger partial charge in [-0.1, -0.05) is 0 Å². The molecular weight excluding hydrogens is 306 g/mol. The van der Waals surface area contributed by atoms with E-state index in [0.717, 1.165) is 4.90 Å². The van der Waals surface area contributed by atoms with E-state index in [1.54, 1.807) is 27.7 Å². The van der Waals surface area contributed by atoms with Crippen LogP contribution >= 0.6 is 0 Å². The summed E-state index contributed by atoms with van der Waals surface area (Å²) in [4.78, 5) is 48.8. The molecule has 8 heteroatoms. The average molecular weight is 327 g/mol. The molecular formula is C15H21NO7. The number of rotatable bonds is 3. The number of piperidine rings is 1. The molecule has 0 aromatic carbocycles. The van der Waals surface area contributed by atoms with Gasteiger partial charge in [0.2, 0.25) is 5.91 Å². The summed E-state index contributed by atoms with van der Waals surface area (Å²) in [7, 11) is 0. The van der Waals surface area contributed by atoms with Gasteiger partial charge in [-0.3, -0.25) is 9.59 Å². The van der Waals surface area contributed by atoms with E-state index >= 15 is 0 Å². The second-order valence-corrected chi connectivity index (χ2v) is 6.75. The van der Waals surface area contributed by atoms with Gasteiger partial charge in [-0.25, -0.2) is 14.5 Å². The largest absolute Gasteiger partial charge is 0.481 e. The van der Waals surface area contributed by atoms with E-state index in [2.05, 4.69) is 0 Å². The molecule has 0 bridgehead atoms. The molecule has 4 atom stereocenters. The summed E-state index contributed by atoms with van der Waals surface area (Å²) in [6.45, 7) is 6.58. The van der Waals surface area contributed by atoms with Crippen LogP contribution in [-0.2, 0) is 23.9 Å². The maximum absolute atomic E-state index is 12.3. The number of hydrogen-bond acceptors (Lipinski definition) is 6. The molecule has 2 aliphatic rings. The molecule has 1 saturated carbocycles. The van der Waals surface area contributed by atoms with E-state index in [0.29, 0.717) is 0 Å². The number of fused-ring (bicyclic) bond motifs is 1. The normalized spacial score (nSPS) is 29.6. The van der Waals surface area contributed by atoms with Crippen LogP contribution in [0, 0.1) is 17.8 Å². The van der Waals surface area contributed by atoms with Crippen LogP contribution < -0.4 is 0 Å². The van der Waals surface area contributed by atoms with Gasteiger partial charge in [0.1, 0.15) is 11.6 Å². The maximum atomic E-state index is 12.3. The lowest BCUT2D eigenvalue weighted by Crippen LogP contribution is -2.54. The van der Waals surface area contributed by atoms with E-state index in [1.165, 1.54) is 0 Å². The van der Waals surface area contributed by atoms with Crippen molar-refractivity contribution in [2.45, 2.75) is 45.8 Å². The van der Waals surface area contributed by atoms with Crippen molar-refractivity contribution in [3.8, 4) is 0 Å². The topological polar surface area (TPSA) is 110 Å². The van der Waals surface area contributed by atoms with Gasteiger partial charge in [0.25, 0.3) is 0 Å². The van der Waals surface area contributed by atoms with Crippen molar-refractivity contribution in [2.24, 2.45) is 17.8 Å². The number of imide groups is 1. The van der Waals surface area contributed by atoms with Crippen molar-refractivity contribution < 1.29 is 33.8 Å². The van der Waals surface area contributed by atoms with Gasteiger partial charge in [-0.2, -0.15) is 0 Å². The summed E-state index contributed by atoms with van der Waals surface area (Å²) >= 11 is 0. The number of aliphatic carboxylic acids is 1. The fourth-order valence-corrected chi connectivity index (χ4v) is 3.09. The monoisotopic (exact) mass is 327 g/mol. The van der Waals surface area contributed by atoms with E-state index in [-0.39, 0.29) is 13.0 Å². The van der Waals surface area contributed by atoms with Crippen LogP contribution in [0.4, 0.5) is 4.79 Å². The smallest absolute Gasteiger partial charge is 0.417 e. The summed E-state index contributed by atoms with van der Waals surface area (Å²) in [5, 5.41) is 9.21. The van der Waals surface area contributed by atoms with E-state index in [1.807, 2.05) is 0 Å². The summed E-state index contributed by atoms with van der Waals surface area (Å²) in [6, 6.07) is -1.24. The first-order valence-electron chi connectivity index (χ1n) is 7.53. The Kier molecular flexibility index (Phi) is 4.37. The van der Waals surface area contributed by atoms with Crippen molar-refractivity contribution in [1.82, 2.24) is 4.90 Å². The third-order valence-electron chi connectivity index (χ3n) is 3.95. The van der Waals surface area contributed by atoms with Gasteiger partial charge < -0.3 is 14.6 Å². The van der Waals surface area contributed by atoms with Crippen molar-refractivity contribution in [3.05, 3.63) is 0 Å².